The fourth-order valence-electron chi connectivity index (χ4n) is 3.27. The van der Waals surface area contributed by atoms with Crippen LogP contribution in [0.5, 0.6) is 5.75 Å². The number of amides is 1. The van der Waals surface area contributed by atoms with Crippen LogP contribution in [-0.2, 0) is 27.5 Å². The van der Waals surface area contributed by atoms with Crippen molar-refractivity contribution in [2.45, 2.75) is 51.9 Å². The van der Waals surface area contributed by atoms with Gasteiger partial charge in [-0.1, -0.05) is 12.8 Å². The lowest BCUT2D eigenvalue weighted by Gasteiger charge is -2.22. The first-order valence-electron chi connectivity index (χ1n) is 9.26. The number of ether oxygens (including phenoxy) is 2. The molecule has 1 saturated carbocycles. The second-order valence-corrected chi connectivity index (χ2v) is 7.75. The summed E-state index contributed by atoms with van der Waals surface area (Å²) in [5, 5.41) is 5.26. The molecule has 1 aliphatic carbocycles. The fourth-order valence-corrected chi connectivity index (χ4v) is 3.96. The van der Waals surface area contributed by atoms with Gasteiger partial charge >= 0.3 is 5.97 Å². The van der Waals surface area contributed by atoms with Gasteiger partial charge in [-0.15, -0.1) is 11.3 Å². The van der Waals surface area contributed by atoms with Crippen LogP contribution in [0.2, 0.25) is 0 Å². The Bertz CT molecular complexity index is 803. The Labute approximate surface area is 167 Å². The first-order chi connectivity index (χ1) is 13.5. The lowest BCUT2D eigenvalue weighted by molar-refractivity contribution is -0.150. The molecule has 8 heteroatoms. The molecule has 1 fully saturated rings. The smallest absolute Gasteiger partial charge is 0.329 e. The van der Waals surface area contributed by atoms with Gasteiger partial charge in [0.25, 0.3) is 0 Å². The van der Waals surface area contributed by atoms with E-state index in [1.165, 1.54) is 30.4 Å². The Kier molecular flexibility index (Phi) is 6.97. The van der Waals surface area contributed by atoms with Gasteiger partial charge in [0.1, 0.15) is 35.8 Å². The highest BCUT2D eigenvalue weighted by Gasteiger charge is 2.32. The maximum Gasteiger partial charge on any atom is 0.329 e. The number of aromatic nitrogens is 1. The van der Waals surface area contributed by atoms with Crippen LogP contribution < -0.4 is 10.1 Å². The van der Waals surface area contributed by atoms with E-state index < -0.39 is 12.0 Å². The van der Waals surface area contributed by atoms with Crippen molar-refractivity contribution >= 4 is 23.2 Å². The summed E-state index contributed by atoms with van der Waals surface area (Å²) < 4.78 is 23.9. The van der Waals surface area contributed by atoms with E-state index in [0.717, 1.165) is 30.7 Å². The predicted molar refractivity (Wildman–Crippen MR) is 102 cm³/mol. The quantitative estimate of drug-likeness (QED) is 0.678. The molecular formula is C20H23FN2O4S. The maximum absolute atomic E-state index is 12.9. The molecule has 0 spiro atoms. The summed E-state index contributed by atoms with van der Waals surface area (Å²) in [6.45, 7) is 1.71. The Morgan fingerprint density at radius 3 is 2.64 bits per heavy atom. The fraction of sp³-hybridized carbons (Fsp3) is 0.450. The minimum atomic E-state index is -0.597. The van der Waals surface area contributed by atoms with Crippen molar-refractivity contribution in [3.8, 4) is 5.75 Å². The van der Waals surface area contributed by atoms with Crippen molar-refractivity contribution < 1.29 is 23.5 Å². The summed E-state index contributed by atoms with van der Waals surface area (Å²) in [4.78, 5) is 28.3. The second kappa shape index (κ2) is 9.64. The van der Waals surface area contributed by atoms with E-state index >= 15 is 0 Å². The molecule has 1 amide bonds. The van der Waals surface area contributed by atoms with Gasteiger partial charge in [-0.3, -0.25) is 4.79 Å². The van der Waals surface area contributed by atoms with Gasteiger partial charge in [0.05, 0.1) is 5.69 Å². The highest BCUT2D eigenvalue weighted by atomic mass is 32.1. The van der Waals surface area contributed by atoms with Crippen molar-refractivity contribution in [2.24, 2.45) is 5.92 Å². The monoisotopic (exact) mass is 406 g/mol. The molecular weight excluding hydrogens is 383 g/mol. The number of thiazole rings is 1. The van der Waals surface area contributed by atoms with Crippen molar-refractivity contribution in [2.75, 3.05) is 0 Å². The van der Waals surface area contributed by atoms with Gasteiger partial charge in [-0.2, -0.15) is 0 Å². The van der Waals surface area contributed by atoms with Crippen molar-refractivity contribution in [1.82, 2.24) is 10.3 Å². The molecule has 0 aliphatic heterocycles. The summed E-state index contributed by atoms with van der Waals surface area (Å²) in [5.41, 5.74) is 0.629. The van der Waals surface area contributed by atoms with Gasteiger partial charge in [0.15, 0.2) is 0 Å². The molecule has 150 valence electrons. The number of nitrogens with zero attached hydrogens (tertiary/aromatic N) is 1. The number of carbonyl (C=O) groups is 2. The molecule has 1 aliphatic rings. The Hall–Kier alpha value is -2.48. The number of benzene rings is 1. The third-order valence-electron chi connectivity index (χ3n) is 4.62. The zero-order valence-corrected chi connectivity index (χ0v) is 16.5. The van der Waals surface area contributed by atoms with E-state index in [-0.39, 0.29) is 30.9 Å². The summed E-state index contributed by atoms with van der Waals surface area (Å²) in [7, 11) is 0. The van der Waals surface area contributed by atoms with Gasteiger partial charge in [-0.05, 0) is 43.0 Å². The zero-order chi connectivity index (χ0) is 19.9. The summed E-state index contributed by atoms with van der Waals surface area (Å²) >= 11 is 1.40. The number of rotatable bonds is 8. The first-order valence-corrected chi connectivity index (χ1v) is 10.1. The third kappa shape index (κ3) is 5.76. The molecule has 1 N–H and O–H groups in total. The van der Waals surface area contributed by atoms with E-state index in [4.69, 9.17) is 9.47 Å². The standard InChI is InChI=1S/C20H23FN2O4S/c1-13(24)22-19(14-4-2-3-5-14)20(25)27-10-16-12-28-18(23-16)11-26-17-8-6-15(21)7-9-17/h6-9,12,14,19H,2-5,10-11H2,1H3,(H,22,24). The van der Waals surface area contributed by atoms with Crippen LogP contribution in [-0.4, -0.2) is 22.9 Å². The lowest BCUT2D eigenvalue weighted by Crippen LogP contribution is -2.45. The van der Waals surface area contributed by atoms with Gasteiger partial charge in [0, 0.05) is 12.3 Å². The van der Waals surface area contributed by atoms with E-state index in [9.17, 15) is 14.0 Å². The highest BCUT2D eigenvalue weighted by Crippen LogP contribution is 2.28. The van der Waals surface area contributed by atoms with Gasteiger partial charge < -0.3 is 14.8 Å². The Morgan fingerprint density at radius 2 is 1.96 bits per heavy atom. The molecule has 1 aromatic heterocycles. The topological polar surface area (TPSA) is 77.5 Å². The van der Waals surface area contributed by atoms with Crippen LogP contribution >= 0.6 is 11.3 Å². The number of hydrogen-bond acceptors (Lipinski definition) is 6. The molecule has 3 rings (SSSR count). The van der Waals surface area contributed by atoms with Crippen LogP contribution in [0.4, 0.5) is 4.39 Å². The van der Waals surface area contributed by atoms with Crippen LogP contribution in [0.3, 0.4) is 0 Å². The SMILES string of the molecule is CC(=O)NC(C(=O)OCc1csc(COc2ccc(F)cc2)n1)C1CCCC1. The summed E-state index contributed by atoms with van der Waals surface area (Å²) in [6.07, 6.45) is 3.97. The number of hydrogen-bond donors (Lipinski definition) is 1. The molecule has 0 bridgehead atoms. The van der Waals surface area contributed by atoms with Crippen LogP contribution in [0, 0.1) is 11.7 Å². The largest absolute Gasteiger partial charge is 0.486 e. The van der Waals surface area contributed by atoms with E-state index in [1.54, 1.807) is 17.5 Å². The molecule has 28 heavy (non-hydrogen) atoms. The molecule has 2 aromatic rings. The molecule has 0 saturated heterocycles. The molecule has 1 atom stereocenters. The van der Waals surface area contributed by atoms with Crippen molar-refractivity contribution in [3.05, 3.63) is 46.2 Å². The molecule has 0 radical (unpaired) electrons. The molecule has 6 nitrogen and oxygen atoms in total. The maximum atomic E-state index is 12.9. The molecule has 1 heterocycles. The molecule has 1 aromatic carbocycles. The van der Waals surface area contributed by atoms with Crippen molar-refractivity contribution in [1.29, 1.82) is 0 Å². The van der Waals surface area contributed by atoms with Crippen molar-refractivity contribution in [3.63, 3.8) is 0 Å². The Morgan fingerprint density at radius 1 is 1.25 bits per heavy atom. The van der Waals surface area contributed by atoms with Gasteiger partial charge in [0.2, 0.25) is 5.91 Å². The van der Waals surface area contributed by atoms with Gasteiger partial charge in [-0.25, -0.2) is 14.2 Å². The number of halogens is 1. The van der Waals surface area contributed by atoms with E-state index in [2.05, 4.69) is 10.3 Å². The minimum absolute atomic E-state index is 0.0503. The van der Waals surface area contributed by atoms with E-state index in [1.807, 2.05) is 0 Å². The zero-order valence-electron chi connectivity index (χ0n) is 15.7. The number of carbonyl (C=O) groups excluding carboxylic acids is 2. The van der Waals surface area contributed by atoms with Crippen LogP contribution in [0.15, 0.2) is 29.6 Å². The average molecular weight is 406 g/mol. The van der Waals surface area contributed by atoms with Crippen LogP contribution in [0.1, 0.15) is 43.3 Å². The minimum Gasteiger partial charge on any atom is -0.486 e. The summed E-state index contributed by atoms with van der Waals surface area (Å²) in [6, 6.07) is 5.17. The van der Waals surface area contributed by atoms with Crippen LogP contribution in [0.25, 0.3) is 0 Å². The Balaban J connectivity index is 1.50. The number of nitrogens with one attached hydrogen (secondary N) is 1. The second-order valence-electron chi connectivity index (χ2n) is 6.81. The highest BCUT2D eigenvalue weighted by molar-refractivity contribution is 7.09. The lowest BCUT2D eigenvalue weighted by atomic mass is 9.98. The normalized spacial score (nSPS) is 15.2. The summed E-state index contributed by atoms with van der Waals surface area (Å²) in [5.74, 6) is -0.284. The molecule has 1 unspecified atom stereocenters. The third-order valence-corrected chi connectivity index (χ3v) is 5.49. The van der Waals surface area contributed by atoms with E-state index in [0.29, 0.717) is 11.4 Å². The average Bonchev–Trinajstić information content (AvgIpc) is 3.35. The number of esters is 1. The predicted octanol–water partition coefficient (Wildman–Crippen LogP) is 3.60. The first kappa shape index (κ1) is 20.3.